The van der Waals surface area contributed by atoms with E-state index in [0.717, 1.165) is 22.4 Å². The van der Waals surface area contributed by atoms with Crippen molar-refractivity contribution in [3.8, 4) is 0 Å². The van der Waals surface area contributed by atoms with Crippen LogP contribution in [0.2, 0.25) is 0 Å². The molecule has 178 valence electrons. The number of para-hydroxylation sites is 2. The van der Waals surface area contributed by atoms with Crippen molar-refractivity contribution < 1.29 is 14.0 Å². The summed E-state index contributed by atoms with van der Waals surface area (Å²) in [5.74, 6) is 0.191. The fourth-order valence-electron chi connectivity index (χ4n) is 4.58. The summed E-state index contributed by atoms with van der Waals surface area (Å²) in [6.07, 6.45) is 2.33. The van der Waals surface area contributed by atoms with Gasteiger partial charge in [0, 0.05) is 18.3 Å². The number of carbonyl (C=O) groups is 2. The van der Waals surface area contributed by atoms with Crippen LogP contribution in [0.1, 0.15) is 83.7 Å². The van der Waals surface area contributed by atoms with E-state index < -0.39 is 12.7 Å². The fourth-order valence-corrected chi connectivity index (χ4v) is 4.58. The molecule has 1 aliphatic heterocycles. The molecule has 0 unspecified atom stereocenters. The zero-order valence-corrected chi connectivity index (χ0v) is 19.5. The number of hydrogen-bond acceptors (Lipinski definition) is 4. The minimum Gasteiger partial charge on any atom is -0.348 e. The lowest BCUT2D eigenvalue weighted by Gasteiger charge is -2.22. The third-order valence-electron chi connectivity index (χ3n) is 6.20. The maximum atomic E-state index is 13.4. The molecule has 0 saturated heterocycles. The highest BCUT2D eigenvalue weighted by molar-refractivity contribution is 6.09. The molecule has 4 rings (SSSR count). The Bertz CT molecular complexity index is 1230. The van der Waals surface area contributed by atoms with Crippen molar-refractivity contribution in [2.45, 2.75) is 58.2 Å². The second kappa shape index (κ2) is 10.2. The minimum absolute atomic E-state index is 0.0841. The van der Waals surface area contributed by atoms with Gasteiger partial charge in [-0.1, -0.05) is 30.7 Å². The molecule has 34 heavy (non-hydrogen) atoms. The molecule has 8 heteroatoms. The van der Waals surface area contributed by atoms with E-state index in [0.29, 0.717) is 43.4 Å². The zero-order valence-electron chi connectivity index (χ0n) is 19.5. The number of carbonyl (C=O) groups excluding carboxylic acids is 2. The van der Waals surface area contributed by atoms with Crippen LogP contribution in [-0.4, -0.2) is 33.8 Å². The van der Waals surface area contributed by atoms with Gasteiger partial charge in [-0.15, -0.1) is 0 Å². The third kappa shape index (κ3) is 4.71. The van der Waals surface area contributed by atoms with Gasteiger partial charge >= 0.3 is 0 Å². The van der Waals surface area contributed by atoms with Crippen molar-refractivity contribution in [2.75, 3.05) is 6.67 Å². The minimum atomic E-state index is -0.732. The van der Waals surface area contributed by atoms with Gasteiger partial charge in [0.15, 0.2) is 0 Å². The molecule has 0 bridgehead atoms. The molecule has 0 spiro atoms. The number of alkyl halides is 1. The van der Waals surface area contributed by atoms with E-state index in [1.165, 1.54) is 0 Å². The van der Waals surface area contributed by atoms with E-state index in [2.05, 4.69) is 29.0 Å². The summed E-state index contributed by atoms with van der Waals surface area (Å²) < 4.78 is 14.8. The number of amides is 2. The molecule has 0 radical (unpaired) electrons. The number of benzene rings is 2. The topological polar surface area (TPSA) is 99.9 Å². The lowest BCUT2D eigenvalue weighted by Crippen LogP contribution is -2.32. The summed E-state index contributed by atoms with van der Waals surface area (Å²) in [6.45, 7) is 3.84. The average molecular weight is 464 g/mol. The van der Waals surface area contributed by atoms with E-state index in [4.69, 9.17) is 10.4 Å². The van der Waals surface area contributed by atoms with Crippen LogP contribution in [-0.2, 0) is 6.54 Å². The summed E-state index contributed by atoms with van der Waals surface area (Å²) >= 11 is 0. The van der Waals surface area contributed by atoms with E-state index in [9.17, 15) is 14.0 Å². The second-order valence-corrected chi connectivity index (χ2v) is 8.95. The molecule has 1 aromatic heterocycles. The SMILES string of the molecule is CC(C)n1c([C@H](CCCCC(=N)CF)NC(=O)c2cccc3c2C(=O)NC3)nc2ccccc21. The second-order valence-electron chi connectivity index (χ2n) is 8.95. The Morgan fingerprint density at radius 3 is 2.76 bits per heavy atom. The van der Waals surface area contributed by atoms with Crippen molar-refractivity contribution >= 4 is 28.6 Å². The van der Waals surface area contributed by atoms with E-state index in [1.807, 2.05) is 30.3 Å². The number of nitrogens with one attached hydrogen (secondary N) is 3. The molecule has 0 fully saturated rings. The first kappa shape index (κ1) is 23.6. The highest BCUT2D eigenvalue weighted by Gasteiger charge is 2.28. The predicted molar refractivity (Wildman–Crippen MR) is 130 cm³/mol. The van der Waals surface area contributed by atoms with Gasteiger partial charge in [-0.2, -0.15) is 0 Å². The van der Waals surface area contributed by atoms with E-state index in [-0.39, 0.29) is 23.6 Å². The fraction of sp³-hybridized carbons (Fsp3) is 0.385. The maximum Gasteiger partial charge on any atom is 0.252 e. The molecule has 7 nitrogen and oxygen atoms in total. The van der Waals surface area contributed by atoms with Gasteiger partial charge in [-0.05, 0) is 56.9 Å². The van der Waals surface area contributed by atoms with Gasteiger partial charge < -0.3 is 20.6 Å². The summed E-state index contributed by atoms with van der Waals surface area (Å²) in [4.78, 5) is 30.6. The molecule has 3 N–H and O–H groups in total. The first-order valence-electron chi connectivity index (χ1n) is 11.7. The average Bonchev–Trinajstić information content (AvgIpc) is 3.41. The van der Waals surface area contributed by atoms with E-state index in [1.54, 1.807) is 12.1 Å². The standard InChI is InChI=1S/C26H30FN5O2/c1-16(2)32-22-13-6-5-11-20(22)30-24(32)21(12-4-3-9-18(28)14-27)31-25(33)19-10-7-8-17-15-29-26(34)23(17)19/h5-8,10-11,13,16,21,28H,3-4,9,12,14-15H2,1-2H3,(H,29,34)(H,31,33)/t21-/m0/s1. The molecule has 0 aliphatic carbocycles. The Labute approximate surface area is 198 Å². The first-order valence-corrected chi connectivity index (χ1v) is 11.7. The van der Waals surface area contributed by atoms with Crippen molar-refractivity contribution in [3.05, 3.63) is 65.0 Å². The zero-order chi connectivity index (χ0) is 24.2. The van der Waals surface area contributed by atoms with Crippen LogP contribution in [0.15, 0.2) is 42.5 Å². The van der Waals surface area contributed by atoms with Gasteiger partial charge in [0.2, 0.25) is 0 Å². The molecule has 2 aromatic carbocycles. The number of rotatable bonds is 10. The largest absolute Gasteiger partial charge is 0.348 e. The number of hydrogen-bond donors (Lipinski definition) is 3. The number of aromatic nitrogens is 2. The Morgan fingerprint density at radius 1 is 1.21 bits per heavy atom. The molecule has 1 atom stereocenters. The maximum absolute atomic E-state index is 13.4. The Hall–Kier alpha value is -3.55. The van der Waals surface area contributed by atoms with Gasteiger partial charge in [0.25, 0.3) is 11.8 Å². The Kier molecular flexibility index (Phi) is 7.05. The summed E-state index contributed by atoms with van der Waals surface area (Å²) in [7, 11) is 0. The lowest BCUT2D eigenvalue weighted by atomic mass is 10.0. The van der Waals surface area contributed by atoms with Crippen LogP contribution >= 0.6 is 0 Å². The summed E-state index contributed by atoms with van der Waals surface area (Å²) in [6, 6.07) is 12.9. The smallest absolute Gasteiger partial charge is 0.252 e. The molecular formula is C26H30FN5O2. The molecule has 1 aliphatic rings. The van der Waals surface area contributed by atoms with Gasteiger partial charge in [-0.25, -0.2) is 9.37 Å². The normalized spacial score (nSPS) is 13.7. The molecule has 2 heterocycles. The van der Waals surface area contributed by atoms with Gasteiger partial charge in [0.05, 0.1) is 28.2 Å². The molecule has 0 saturated carbocycles. The van der Waals surface area contributed by atoms with Gasteiger partial charge in [0.1, 0.15) is 12.5 Å². The Morgan fingerprint density at radius 2 is 2.00 bits per heavy atom. The molecule has 3 aromatic rings. The number of imidazole rings is 1. The molecule has 2 amide bonds. The van der Waals surface area contributed by atoms with E-state index >= 15 is 0 Å². The van der Waals surface area contributed by atoms with Crippen LogP contribution in [0.5, 0.6) is 0 Å². The summed E-state index contributed by atoms with van der Waals surface area (Å²) in [5.41, 5.74) is 3.52. The van der Waals surface area contributed by atoms with Crippen molar-refractivity contribution in [1.29, 1.82) is 5.41 Å². The lowest BCUT2D eigenvalue weighted by molar-refractivity contribution is 0.0911. The molecular weight excluding hydrogens is 433 g/mol. The first-order chi connectivity index (χ1) is 16.4. The predicted octanol–water partition coefficient (Wildman–Crippen LogP) is 4.88. The number of unbranched alkanes of at least 4 members (excludes halogenated alkanes) is 1. The van der Waals surface area contributed by atoms with Crippen molar-refractivity contribution in [3.63, 3.8) is 0 Å². The highest BCUT2D eigenvalue weighted by Crippen LogP contribution is 2.29. The highest BCUT2D eigenvalue weighted by atomic mass is 19.1. The summed E-state index contributed by atoms with van der Waals surface area (Å²) in [5, 5.41) is 13.5. The number of nitrogens with zero attached hydrogens (tertiary/aromatic N) is 2. The van der Waals surface area contributed by atoms with Crippen LogP contribution in [0.3, 0.4) is 0 Å². The van der Waals surface area contributed by atoms with Crippen LogP contribution < -0.4 is 10.6 Å². The van der Waals surface area contributed by atoms with Crippen LogP contribution in [0.25, 0.3) is 11.0 Å². The Balaban J connectivity index is 1.66. The van der Waals surface area contributed by atoms with Crippen molar-refractivity contribution in [1.82, 2.24) is 20.2 Å². The quantitative estimate of drug-likeness (QED) is 0.295. The van der Waals surface area contributed by atoms with Crippen LogP contribution in [0, 0.1) is 5.41 Å². The van der Waals surface area contributed by atoms with Crippen molar-refractivity contribution in [2.24, 2.45) is 0 Å². The monoisotopic (exact) mass is 463 g/mol. The number of fused-ring (bicyclic) bond motifs is 2. The number of halogens is 1. The van der Waals surface area contributed by atoms with Crippen LogP contribution in [0.4, 0.5) is 4.39 Å². The third-order valence-corrected chi connectivity index (χ3v) is 6.20. The van der Waals surface area contributed by atoms with Gasteiger partial charge in [-0.3, -0.25) is 9.59 Å².